The molecule has 14 atom stereocenters. The molecule has 20 heteroatoms. The van der Waals surface area contributed by atoms with E-state index in [1.54, 1.807) is 6.92 Å². The molecule has 4 aliphatic rings. The van der Waals surface area contributed by atoms with Crippen LogP contribution in [0.5, 0.6) is 0 Å². The highest BCUT2D eigenvalue weighted by Gasteiger charge is 2.60. The lowest BCUT2D eigenvalue weighted by molar-refractivity contribution is -0.266. The fourth-order valence-electron chi connectivity index (χ4n) is 9.45. The van der Waals surface area contributed by atoms with Crippen LogP contribution in [0.3, 0.4) is 0 Å². The van der Waals surface area contributed by atoms with Gasteiger partial charge in [-0.25, -0.2) is 0 Å². The molecule has 0 aliphatic carbocycles. The van der Waals surface area contributed by atoms with Crippen LogP contribution in [0.25, 0.3) is 0 Å². The van der Waals surface area contributed by atoms with Crippen LogP contribution in [0.2, 0.25) is 109 Å². The van der Waals surface area contributed by atoms with Crippen LogP contribution >= 0.6 is 45.2 Å². The van der Waals surface area contributed by atoms with E-state index in [4.69, 9.17) is 45.5 Å². The fraction of sp³-hybridized carbons (Fsp3) is 0.908. The molecule has 4 heterocycles. The lowest BCUT2D eigenvalue weighted by atomic mass is 9.87. The Morgan fingerprint density at radius 3 is 0.976 bits per heavy atom. The highest BCUT2D eigenvalue weighted by molar-refractivity contribution is 14.1. The third-order valence-electron chi connectivity index (χ3n) is 21.1. The molecule has 12 nitrogen and oxygen atoms in total. The smallest absolute Gasteiger partial charge is 0.193 e. The molecule has 0 saturated carbocycles. The number of rotatable bonds is 20. The Kier molecular flexibility index (Phi) is 30.2. The van der Waals surface area contributed by atoms with E-state index >= 15 is 0 Å². The van der Waals surface area contributed by atoms with E-state index in [9.17, 15) is 9.59 Å². The Bertz CT molecular complexity index is 2150. The molecule has 0 aromatic heterocycles. The van der Waals surface area contributed by atoms with Crippen molar-refractivity contribution in [1.29, 1.82) is 0 Å². The molecule has 0 aromatic carbocycles. The van der Waals surface area contributed by atoms with Crippen molar-refractivity contribution in [1.82, 2.24) is 0 Å². The maximum absolute atomic E-state index is 12.1. The molecule has 0 bridgehead atoms. The van der Waals surface area contributed by atoms with Crippen molar-refractivity contribution in [2.75, 3.05) is 0 Å². The molecule has 4 fully saturated rings. The first-order valence-corrected chi connectivity index (χ1v) is 52.2. The molecule has 0 amide bonds. The summed E-state index contributed by atoms with van der Waals surface area (Å²) in [6.45, 7) is 74.2. The van der Waals surface area contributed by atoms with Gasteiger partial charge >= 0.3 is 0 Å². The molecule has 0 radical (unpaired) electrons. The molecule has 0 aromatic rings. The maximum Gasteiger partial charge on any atom is 0.193 e. The third-order valence-corrected chi connectivity index (χ3v) is 48.7. The van der Waals surface area contributed by atoms with Gasteiger partial charge in [-0.05, 0) is 162 Å². The Morgan fingerprint density at radius 2 is 0.718 bits per heavy atom. The number of hydrogen-bond acceptors (Lipinski definition) is 12. The van der Waals surface area contributed by atoms with E-state index in [-0.39, 0.29) is 121 Å². The van der Waals surface area contributed by atoms with Gasteiger partial charge in [-0.15, -0.1) is 0 Å². The number of ketones is 1. The zero-order valence-electron chi connectivity index (χ0n) is 60.4. The van der Waals surface area contributed by atoms with Gasteiger partial charge in [0.05, 0.1) is 36.6 Å². The van der Waals surface area contributed by atoms with Crippen LogP contribution in [0.15, 0.2) is 20.3 Å². The first-order chi connectivity index (χ1) is 38.1. The van der Waals surface area contributed by atoms with Gasteiger partial charge < -0.3 is 50.3 Å². The van der Waals surface area contributed by atoms with Gasteiger partial charge in [0.2, 0.25) is 0 Å². The number of carbonyl (C=O) groups is 2. The number of fused-ring (bicyclic) bond motifs is 2. The van der Waals surface area contributed by atoms with E-state index in [2.05, 4.69) is 269 Å². The second-order valence-electron chi connectivity index (χ2n) is 33.9. The standard InChI is InChI=1S/C32H63IO6Si3.C31H61IO6Si3.C2H6/c1-22(34)21-23-17-18-24-26(35-23)28(38-41(13,14)31(5,6)7)29(39-42(15,16)32(8,9)10)27(36-24)25(19-20-33)37-40(11,12)30(2,3)4;1-29(2,3)39(10,11)36-24(18-20-32)26-28(38-41(14,15)31(7,8)9)27(37-40(12,13)30(4,5)6)25-23(35-26)17-16-22(34-25)19-21-33;1-2/h19-20,23-29H,17-18,21H2,1-16H3;18,20-28H,16-17,19H2,1-15H3;1-2H3/b20-19+;20-18+;/t23-,24+,25+,26+,27+,28+,29-;22-,23+,24+,25+,26+,27+,28-;/m11./s1. The van der Waals surface area contributed by atoms with E-state index in [0.717, 1.165) is 32.0 Å². The first kappa shape index (κ1) is 82.3. The minimum atomic E-state index is -2.29. The predicted octanol–water partition coefficient (Wildman–Crippen LogP) is 19.4. The second kappa shape index (κ2) is 31.2. The van der Waals surface area contributed by atoms with Crippen LogP contribution < -0.4 is 0 Å². The normalized spacial score (nSPS) is 29.0. The summed E-state index contributed by atoms with van der Waals surface area (Å²) < 4.78 is 75.4. The number of ether oxygens (including phenoxy) is 4. The van der Waals surface area contributed by atoms with Crippen molar-refractivity contribution in [2.45, 2.75) is 378 Å². The molecular formula is C65H130I2O12Si6. The second-order valence-corrected chi connectivity index (χ2v) is 63.9. The average Bonchev–Trinajstić information content (AvgIpc) is 3.51. The topological polar surface area (TPSA) is 126 Å². The van der Waals surface area contributed by atoms with Gasteiger partial charge in [0.15, 0.2) is 49.9 Å². The van der Waals surface area contributed by atoms with Gasteiger partial charge in [-0.3, -0.25) is 4.79 Å². The molecule has 85 heavy (non-hydrogen) atoms. The zero-order valence-corrected chi connectivity index (χ0v) is 70.7. The molecule has 4 aliphatic heterocycles. The van der Waals surface area contributed by atoms with Crippen LogP contribution in [0, 0.1) is 0 Å². The third kappa shape index (κ3) is 21.9. The Balaban J connectivity index is 0.000000564. The highest BCUT2D eigenvalue weighted by atomic mass is 127. The van der Waals surface area contributed by atoms with E-state index in [1.165, 1.54) is 0 Å². The molecule has 4 rings (SSSR count). The lowest BCUT2D eigenvalue weighted by Gasteiger charge is -2.56. The van der Waals surface area contributed by atoms with Gasteiger partial charge in [0.25, 0.3) is 0 Å². The summed E-state index contributed by atoms with van der Waals surface area (Å²) in [6, 6.07) is 0. The van der Waals surface area contributed by atoms with Crippen LogP contribution in [-0.4, -0.2) is 147 Å². The Morgan fingerprint density at radius 1 is 0.447 bits per heavy atom. The van der Waals surface area contributed by atoms with E-state index in [1.807, 2.05) is 13.8 Å². The van der Waals surface area contributed by atoms with Crippen molar-refractivity contribution >= 4 is 107 Å². The van der Waals surface area contributed by atoms with Gasteiger partial charge in [0.1, 0.15) is 60.9 Å². The maximum atomic E-state index is 12.1. The number of Topliss-reactive ketones (excluding diaryl/α,β-unsaturated/α-hetero) is 1. The number of carbonyl (C=O) groups excluding carboxylic acids is 2. The average molecular weight is 1530 g/mol. The quantitative estimate of drug-likeness (QED) is 0.0654. The van der Waals surface area contributed by atoms with E-state index in [0.29, 0.717) is 12.8 Å². The molecule has 0 N–H and O–H groups in total. The van der Waals surface area contributed by atoms with Crippen molar-refractivity contribution in [3.05, 3.63) is 20.3 Å². The molecule has 4 saturated heterocycles. The summed E-state index contributed by atoms with van der Waals surface area (Å²) in [6.07, 6.45) is 5.52. The molecule has 0 spiro atoms. The summed E-state index contributed by atoms with van der Waals surface area (Å²) in [5.41, 5.74) is 0. The van der Waals surface area contributed by atoms with Crippen molar-refractivity contribution in [2.24, 2.45) is 0 Å². The van der Waals surface area contributed by atoms with Gasteiger partial charge in [0, 0.05) is 12.8 Å². The summed E-state index contributed by atoms with van der Waals surface area (Å²) in [7, 11) is -13.4. The first-order valence-electron chi connectivity index (χ1n) is 32.3. The summed E-state index contributed by atoms with van der Waals surface area (Å²) >= 11 is 4.59. The predicted molar refractivity (Wildman–Crippen MR) is 389 cm³/mol. The van der Waals surface area contributed by atoms with Crippen molar-refractivity contribution < 1.29 is 55.1 Å². The van der Waals surface area contributed by atoms with Crippen LogP contribution in [0.4, 0.5) is 0 Å². The fourth-order valence-corrected chi connectivity index (χ4v) is 18.0. The number of halogens is 2. The van der Waals surface area contributed by atoms with Crippen molar-refractivity contribution in [3.63, 3.8) is 0 Å². The number of aldehydes is 1. The summed E-state index contributed by atoms with van der Waals surface area (Å²) in [5, 5.41) is 0.0958. The van der Waals surface area contributed by atoms with Crippen LogP contribution in [0.1, 0.15) is 184 Å². The minimum Gasteiger partial charge on any atom is -0.408 e. The van der Waals surface area contributed by atoms with Gasteiger partial charge in [-0.1, -0.05) is 184 Å². The molecule has 500 valence electrons. The van der Waals surface area contributed by atoms with Crippen molar-refractivity contribution in [3.8, 4) is 0 Å². The largest absolute Gasteiger partial charge is 0.408 e. The minimum absolute atomic E-state index is 0.00170. The monoisotopic (exact) mass is 1520 g/mol. The summed E-state index contributed by atoms with van der Waals surface area (Å²) in [4.78, 5) is 23.6. The molecule has 0 unspecified atom stereocenters. The zero-order chi connectivity index (χ0) is 66.5. The highest BCUT2D eigenvalue weighted by Crippen LogP contribution is 2.50. The lowest BCUT2D eigenvalue weighted by Crippen LogP contribution is -2.69. The Labute approximate surface area is 556 Å². The summed E-state index contributed by atoms with van der Waals surface area (Å²) in [5.74, 6) is 0.152. The SMILES string of the molecule is CC.CC(=O)C[C@H]1CC[C@@H]2O[C@@H]([C@H](/C=C/I)O[Si](C)(C)C(C)(C)C)[C@@H](O[Si](C)(C)C(C)(C)C)[C@@H](O[Si](C)(C)C(C)(C)C)[C@H]2O1.CC(C)(C)[Si](C)(C)O[C@@H]1[C@H](O[Si](C)(C)C(C)(C)C)[C@H]([C@H](/C=C/I)O[Si](C)(C)C(C)(C)C)O[C@H]2CC[C@H](CC=O)O[C@H]12. The number of hydrogen-bond donors (Lipinski definition) is 0. The molecular weight excluding hydrogens is 1400 g/mol. The van der Waals surface area contributed by atoms with E-state index < -0.39 is 49.9 Å². The van der Waals surface area contributed by atoms with Crippen LogP contribution in [-0.2, 0) is 55.1 Å². The Hall–Kier alpha value is 1.18. The van der Waals surface area contributed by atoms with Gasteiger partial charge in [-0.2, -0.15) is 0 Å².